The molecule has 0 fully saturated rings. The molecule has 2 amide bonds. The number of carbonyl (C=O) groups is 2. The first-order valence-corrected chi connectivity index (χ1v) is 9.83. The Bertz CT molecular complexity index is 902. The predicted molar refractivity (Wildman–Crippen MR) is 109 cm³/mol. The maximum absolute atomic E-state index is 12.5. The van der Waals surface area contributed by atoms with Crippen LogP contribution < -0.4 is 16.0 Å². The quantitative estimate of drug-likeness (QED) is 0.643. The van der Waals surface area contributed by atoms with Crippen LogP contribution in [0.4, 0.5) is 4.79 Å². The summed E-state index contributed by atoms with van der Waals surface area (Å²) in [7, 11) is 0. The number of carbonyl (C=O) groups excluding carboxylic acids is 2. The molecule has 2 atom stereocenters. The molecule has 3 rings (SSSR count). The summed E-state index contributed by atoms with van der Waals surface area (Å²) in [6, 6.07) is 14.1. The number of hydrogen-bond donors (Lipinski definition) is 3. The van der Waals surface area contributed by atoms with Crippen LogP contribution in [0.3, 0.4) is 0 Å². The number of nitrogens with one attached hydrogen (secondary N) is 2. The summed E-state index contributed by atoms with van der Waals surface area (Å²) in [5.74, 6) is -0.372. The van der Waals surface area contributed by atoms with E-state index in [2.05, 4.69) is 53.2 Å². The molecule has 28 heavy (non-hydrogen) atoms. The number of quaternary nitrogens is 1. The number of esters is 1. The van der Waals surface area contributed by atoms with Gasteiger partial charge in [0.05, 0.1) is 23.9 Å². The smallest absolute Gasteiger partial charge is 0.338 e. The average molecular weight is 382 g/mol. The van der Waals surface area contributed by atoms with Crippen molar-refractivity contribution in [2.45, 2.75) is 39.3 Å². The van der Waals surface area contributed by atoms with Crippen LogP contribution in [0, 0.1) is 0 Å². The Labute approximate surface area is 165 Å². The standard InChI is InChI=1S/C22H27N3O3/c1-4-18-20(21(26)28-5-2)19(25-22(27)24-18)13-23-14(3)16-12-8-10-15-9-6-7-11-17(15)16/h6-12,14,18,23H,4-5,13H2,1-3H3,(H2,24,25,27)/p+1/t14-,18+/m1/s1. The summed E-state index contributed by atoms with van der Waals surface area (Å²) in [6.45, 7) is 6.64. The number of benzene rings is 2. The van der Waals surface area contributed by atoms with Crippen LogP contribution in [0.5, 0.6) is 0 Å². The highest BCUT2D eigenvalue weighted by atomic mass is 16.5. The first-order valence-electron chi connectivity index (χ1n) is 9.83. The van der Waals surface area contributed by atoms with E-state index in [1.54, 1.807) is 6.92 Å². The Hall–Kier alpha value is -2.86. The molecule has 2 aromatic rings. The molecule has 1 heterocycles. The van der Waals surface area contributed by atoms with Gasteiger partial charge in [0.25, 0.3) is 0 Å². The lowest BCUT2D eigenvalue weighted by Crippen LogP contribution is -2.86. The predicted octanol–water partition coefficient (Wildman–Crippen LogP) is 2.37. The summed E-state index contributed by atoms with van der Waals surface area (Å²) in [6.07, 6.45) is 0.629. The van der Waals surface area contributed by atoms with E-state index in [0.717, 1.165) is 0 Å². The maximum atomic E-state index is 12.5. The number of ether oxygens (including phenoxy) is 1. The molecular formula is C22H28N3O3+. The third kappa shape index (κ3) is 4.17. The molecule has 0 unspecified atom stereocenters. The zero-order valence-electron chi connectivity index (χ0n) is 16.6. The molecule has 1 aliphatic heterocycles. The molecule has 0 aromatic heterocycles. The maximum Gasteiger partial charge on any atom is 0.338 e. The van der Waals surface area contributed by atoms with Gasteiger partial charge < -0.3 is 20.7 Å². The van der Waals surface area contributed by atoms with Crippen LogP contribution in [0.2, 0.25) is 0 Å². The van der Waals surface area contributed by atoms with Crippen molar-refractivity contribution in [3.05, 3.63) is 59.3 Å². The second kappa shape index (κ2) is 8.89. The number of amides is 2. The van der Waals surface area contributed by atoms with Gasteiger partial charge in [-0.25, -0.2) is 9.59 Å². The van der Waals surface area contributed by atoms with Crippen molar-refractivity contribution in [3.8, 4) is 0 Å². The summed E-state index contributed by atoms with van der Waals surface area (Å²) in [5, 5.41) is 10.2. The van der Waals surface area contributed by atoms with Gasteiger partial charge in [-0.3, -0.25) is 0 Å². The molecule has 0 spiro atoms. The normalized spacial score (nSPS) is 17.8. The molecule has 0 radical (unpaired) electrons. The van der Waals surface area contributed by atoms with E-state index in [9.17, 15) is 9.59 Å². The van der Waals surface area contributed by atoms with Crippen molar-refractivity contribution in [3.63, 3.8) is 0 Å². The summed E-state index contributed by atoms with van der Waals surface area (Å²) < 4.78 is 5.23. The van der Waals surface area contributed by atoms with Gasteiger partial charge in [0.2, 0.25) is 0 Å². The summed E-state index contributed by atoms with van der Waals surface area (Å²) >= 11 is 0. The number of nitrogens with two attached hydrogens (primary N) is 1. The first-order chi connectivity index (χ1) is 13.5. The Morgan fingerprint density at radius 1 is 1.18 bits per heavy atom. The van der Waals surface area contributed by atoms with Crippen molar-refractivity contribution in [1.82, 2.24) is 10.6 Å². The zero-order valence-corrected chi connectivity index (χ0v) is 16.6. The SMILES string of the molecule is CCOC(=O)C1=C(C[NH2+][C@H](C)c2cccc3ccccc23)NC(=O)N[C@H]1CC. The van der Waals surface area contributed by atoms with E-state index >= 15 is 0 Å². The lowest BCUT2D eigenvalue weighted by Gasteiger charge is -2.28. The number of fused-ring (bicyclic) bond motifs is 1. The van der Waals surface area contributed by atoms with Gasteiger partial charge in [-0.15, -0.1) is 0 Å². The molecule has 6 nitrogen and oxygen atoms in total. The van der Waals surface area contributed by atoms with E-state index in [0.29, 0.717) is 30.8 Å². The van der Waals surface area contributed by atoms with Crippen LogP contribution >= 0.6 is 0 Å². The van der Waals surface area contributed by atoms with Crippen molar-refractivity contribution < 1.29 is 19.6 Å². The van der Waals surface area contributed by atoms with E-state index in [1.165, 1.54) is 16.3 Å². The number of rotatable bonds is 7. The van der Waals surface area contributed by atoms with Gasteiger partial charge in [-0.1, -0.05) is 49.4 Å². The van der Waals surface area contributed by atoms with Gasteiger partial charge >= 0.3 is 12.0 Å². The van der Waals surface area contributed by atoms with Gasteiger partial charge in [-0.05, 0) is 31.0 Å². The highest BCUT2D eigenvalue weighted by molar-refractivity contribution is 5.94. The average Bonchev–Trinajstić information content (AvgIpc) is 2.71. The van der Waals surface area contributed by atoms with Gasteiger partial charge in [0, 0.05) is 5.56 Å². The van der Waals surface area contributed by atoms with Crippen LogP contribution in [-0.2, 0) is 9.53 Å². The Kier molecular flexibility index (Phi) is 6.31. The van der Waals surface area contributed by atoms with Crippen molar-refractivity contribution >= 4 is 22.8 Å². The second-order valence-electron chi connectivity index (χ2n) is 6.97. The molecule has 2 aromatic carbocycles. The second-order valence-corrected chi connectivity index (χ2v) is 6.97. The van der Waals surface area contributed by atoms with E-state index < -0.39 is 0 Å². The third-order valence-electron chi connectivity index (χ3n) is 5.14. The van der Waals surface area contributed by atoms with Gasteiger partial charge in [0.15, 0.2) is 0 Å². The van der Waals surface area contributed by atoms with Crippen molar-refractivity contribution in [1.29, 1.82) is 0 Å². The van der Waals surface area contributed by atoms with E-state index in [1.807, 2.05) is 19.1 Å². The van der Waals surface area contributed by atoms with Crippen LogP contribution in [-0.4, -0.2) is 31.2 Å². The lowest BCUT2D eigenvalue weighted by atomic mass is 9.98. The molecule has 0 saturated heterocycles. The fourth-order valence-corrected chi connectivity index (χ4v) is 3.69. The Morgan fingerprint density at radius 3 is 2.68 bits per heavy atom. The van der Waals surface area contributed by atoms with Crippen molar-refractivity contribution in [2.75, 3.05) is 13.2 Å². The minimum atomic E-state index is -0.372. The van der Waals surface area contributed by atoms with E-state index in [-0.39, 0.29) is 24.1 Å². The molecule has 6 heteroatoms. The minimum Gasteiger partial charge on any atom is -0.463 e. The fraction of sp³-hybridized carbons (Fsp3) is 0.364. The minimum absolute atomic E-state index is 0.161. The summed E-state index contributed by atoms with van der Waals surface area (Å²) in [4.78, 5) is 24.5. The van der Waals surface area contributed by atoms with Gasteiger partial charge in [-0.2, -0.15) is 0 Å². The number of urea groups is 1. The largest absolute Gasteiger partial charge is 0.463 e. The highest BCUT2D eigenvalue weighted by Crippen LogP contribution is 2.22. The molecule has 0 aliphatic carbocycles. The third-order valence-corrected chi connectivity index (χ3v) is 5.14. The molecule has 0 bridgehead atoms. The molecule has 1 aliphatic rings. The Balaban J connectivity index is 1.85. The van der Waals surface area contributed by atoms with Crippen LogP contribution in [0.25, 0.3) is 10.8 Å². The van der Waals surface area contributed by atoms with Crippen LogP contribution in [0.15, 0.2) is 53.7 Å². The fourth-order valence-electron chi connectivity index (χ4n) is 3.69. The first kappa shape index (κ1) is 19.9. The van der Waals surface area contributed by atoms with E-state index in [4.69, 9.17) is 4.74 Å². The van der Waals surface area contributed by atoms with Crippen molar-refractivity contribution in [2.24, 2.45) is 0 Å². The highest BCUT2D eigenvalue weighted by Gasteiger charge is 2.32. The molecule has 148 valence electrons. The molecule has 0 saturated carbocycles. The number of hydrogen-bond acceptors (Lipinski definition) is 3. The van der Waals surface area contributed by atoms with Gasteiger partial charge in [0.1, 0.15) is 12.6 Å². The summed E-state index contributed by atoms with van der Waals surface area (Å²) in [5.41, 5.74) is 2.37. The lowest BCUT2D eigenvalue weighted by molar-refractivity contribution is -0.686. The monoisotopic (exact) mass is 382 g/mol. The molecule has 4 N–H and O–H groups in total. The molecular weight excluding hydrogens is 354 g/mol. The topological polar surface area (TPSA) is 84.0 Å². The zero-order chi connectivity index (χ0) is 20.1. The van der Waals surface area contributed by atoms with Crippen LogP contribution in [0.1, 0.15) is 38.8 Å². The Morgan fingerprint density at radius 2 is 1.93 bits per heavy atom.